The van der Waals surface area contributed by atoms with Crippen LogP contribution in [0.5, 0.6) is 11.8 Å². The molecule has 0 radical (unpaired) electrons. The summed E-state index contributed by atoms with van der Waals surface area (Å²) in [5.74, 6) is 0.391. The molecule has 2 atom stereocenters. The van der Waals surface area contributed by atoms with Gasteiger partial charge in [0.1, 0.15) is 6.33 Å². The van der Waals surface area contributed by atoms with Crippen molar-refractivity contribution in [3.8, 4) is 11.8 Å². The molecule has 2 aliphatic heterocycles. The number of amides is 1. The van der Waals surface area contributed by atoms with E-state index in [-0.39, 0.29) is 17.7 Å². The van der Waals surface area contributed by atoms with Gasteiger partial charge in [-0.25, -0.2) is 9.97 Å². The zero-order valence-corrected chi connectivity index (χ0v) is 12.3. The molecule has 0 aliphatic carbocycles. The number of carbonyl (C=O) groups is 1. The molecule has 0 spiro atoms. The quantitative estimate of drug-likeness (QED) is 0.872. The van der Waals surface area contributed by atoms with Crippen LogP contribution in [0.4, 0.5) is 0 Å². The molecule has 114 valence electrons. The molecule has 7 heteroatoms. The normalized spacial score (nSPS) is 24.6. The third-order valence-electron chi connectivity index (χ3n) is 4.19. The van der Waals surface area contributed by atoms with Gasteiger partial charge in [-0.1, -0.05) is 0 Å². The van der Waals surface area contributed by atoms with Gasteiger partial charge in [-0.05, 0) is 19.3 Å². The van der Waals surface area contributed by atoms with E-state index in [9.17, 15) is 4.79 Å². The number of hydrogen-bond donors (Lipinski definition) is 1. The predicted octanol–water partition coefficient (Wildman–Crippen LogP) is 0.460. The molecule has 2 fully saturated rings. The number of aromatic nitrogens is 2. The van der Waals surface area contributed by atoms with Crippen LogP contribution in [0.25, 0.3) is 0 Å². The topological polar surface area (TPSA) is 76.6 Å². The van der Waals surface area contributed by atoms with Crippen LogP contribution in [0.15, 0.2) is 6.33 Å². The lowest BCUT2D eigenvalue weighted by Crippen LogP contribution is -2.39. The van der Waals surface area contributed by atoms with Gasteiger partial charge in [0.05, 0.1) is 14.2 Å². The number of carbonyl (C=O) groups excluding carboxylic acids is 1. The van der Waals surface area contributed by atoms with Gasteiger partial charge >= 0.3 is 0 Å². The summed E-state index contributed by atoms with van der Waals surface area (Å²) in [6.07, 6.45) is 4.63. The fourth-order valence-electron chi connectivity index (χ4n) is 3.13. The Kier molecular flexibility index (Phi) is 3.92. The highest BCUT2D eigenvalue weighted by Crippen LogP contribution is 2.27. The van der Waals surface area contributed by atoms with E-state index in [1.165, 1.54) is 27.0 Å². The fraction of sp³-hybridized carbons (Fsp3) is 0.643. The van der Waals surface area contributed by atoms with Crippen LogP contribution in [-0.4, -0.2) is 60.2 Å². The van der Waals surface area contributed by atoms with Crippen molar-refractivity contribution in [2.45, 2.75) is 31.3 Å². The summed E-state index contributed by atoms with van der Waals surface area (Å²) in [6.45, 7) is 1.44. The molecule has 0 aromatic carbocycles. The molecule has 2 bridgehead atoms. The Labute approximate surface area is 123 Å². The summed E-state index contributed by atoms with van der Waals surface area (Å²) in [5.41, 5.74) is 0.306. The van der Waals surface area contributed by atoms with Gasteiger partial charge < -0.3 is 19.7 Å². The lowest BCUT2D eigenvalue weighted by Gasteiger charge is -2.25. The Bertz CT molecular complexity index is 515. The first kappa shape index (κ1) is 14.1. The first-order valence-corrected chi connectivity index (χ1v) is 7.21. The minimum absolute atomic E-state index is 0.126. The maximum atomic E-state index is 12.8. The molecular weight excluding hydrogens is 272 g/mol. The summed E-state index contributed by atoms with van der Waals surface area (Å²) in [6, 6.07) is 0.909. The molecule has 0 saturated carbocycles. The Balaban J connectivity index is 1.87. The van der Waals surface area contributed by atoms with Crippen molar-refractivity contribution in [2.24, 2.45) is 0 Å². The van der Waals surface area contributed by atoms with Crippen molar-refractivity contribution in [1.29, 1.82) is 0 Å². The van der Waals surface area contributed by atoms with Crippen LogP contribution in [0.3, 0.4) is 0 Å². The minimum atomic E-state index is -0.126. The third-order valence-corrected chi connectivity index (χ3v) is 4.19. The van der Waals surface area contributed by atoms with E-state index >= 15 is 0 Å². The van der Waals surface area contributed by atoms with E-state index < -0.39 is 0 Å². The van der Waals surface area contributed by atoms with Crippen LogP contribution in [-0.2, 0) is 0 Å². The molecule has 1 N–H and O–H groups in total. The second-order valence-electron chi connectivity index (χ2n) is 5.44. The largest absolute Gasteiger partial charge is 0.480 e. The second-order valence-corrected chi connectivity index (χ2v) is 5.44. The van der Waals surface area contributed by atoms with E-state index in [2.05, 4.69) is 15.3 Å². The monoisotopic (exact) mass is 292 g/mol. The summed E-state index contributed by atoms with van der Waals surface area (Å²) in [4.78, 5) is 22.7. The summed E-state index contributed by atoms with van der Waals surface area (Å²) in [5, 5.41) is 3.56. The molecule has 3 heterocycles. The van der Waals surface area contributed by atoms with E-state index in [0.29, 0.717) is 24.2 Å². The van der Waals surface area contributed by atoms with E-state index in [1.807, 2.05) is 4.90 Å². The van der Waals surface area contributed by atoms with Gasteiger partial charge in [0.2, 0.25) is 11.8 Å². The van der Waals surface area contributed by atoms with Crippen LogP contribution in [0.1, 0.15) is 29.6 Å². The van der Waals surface area contributed by atoms with Crippen molar-refractivity contribution in [1.82, 2.24) is 20.2 Å². The molecule has 1 amide bonds. The van der Waals surface area contributed by atoms with Crippen LogP contribution < -0.4 is 14.8 Å². The van der Waals surface area contributed by atoms with Gasteiger partial charge in [-0.15, -0.1) is 0 Å². The highest BCUT2D eigenvalue weighted by Gasteiger charge is 2.33. The van der Waals surface area contributed by atoms with Crippen molar-refractivity contribution >= 4 is 5.91 Å². The maximum Gasteiger partial charge on any atom is 0.264 e. The lowest BCUT2D eigenvalue weighted by molar-refractivity contribution is 0.0739. The van der Waals surface area contributed by atoms with Crippen molar-refractivity contribution in [2.75, 3.05) is 27.3 Å². The number of nitrogens with one attached hydrogen (secondary N) is 1. The van der Waals surface area contributed by atoms with Crippen molar-refractivity contribution in [3.63, 3.8) is 0 Å². The summed E-state index contributed by atoms with van der Waals surface area (Å²) in [7, 11) is 2.98. The van der Waals surface area contributed by atoms with Crippen molar-refractivity contribution < 1.29 is 14.3 Å². The average Bonchev–Trinajstić information content (AvgIpc) is 2.84. The molecule has 2 saturated heterocycles. The number of nitrogens with zero attached hydrogens (tertiary/aromatic N) is 3. The van der Waals surface area contributed by atoms with Crippen LogP contribution in [0, 0.1) is 0 Å². The van der Waals surface area contributed by atoms with E-state index in [0.717, 1.165) is 19.4 Å². The van der Waals surface area contributed by atoms with Crippen LogP contribution in [0.2, 0.25) is 0 Å². The zero-order chi connectivity index (χ0) is 14.8. The fourth-order valence-corrected chi connectivity index (χ4v) is 3.13. The highest BCUT2D eigenvalue weighted by molar-refractivity contribution is 5.98. The van der Waals surface area contributed by atoms with Gasteiger partial charge in [0.15, 0.2) is 5.56 Å². The average molecular weight is 292 g/mol. The first-order chi connectivity index (χ1) is 10.2. The number of fused-ring (bicyclic) bond motifs is 2. The number of hydrogen-bond acceptors (Lipinski definition) is 6. The Hall–Kier alpha value is -1.89. The SMILES string of the molecule is COc1ncnc(OC)c1C(=O)N1CCC2CCC(C1)N2. The summed E-state index contributed by atoms with van der Waals surface area (Å²) >= 11 is 0. The third kappa shape index (κ3) is 2.65. The number of likely N-dealkylation sites (tertiary alicyclic amines) is 1. The molecule has 2 unspecified atom stereocenters. The second kappa shape index (κ2) is 5.85. The van der Waals surface area contributed by atoms with E-state index in [1.54, 1.807) is 0 Å². The highest BCUT2D eigenvalue weighted by atomic mass is 16.5. The molecule has 21 heavy (non-hydrogen) atoms. The minimum Gasteiger partial charge on any atom is -0.480 e. The van der Waals surface area contributed by atoms with Gasteiger partial charge in [0.25, 0.3) is 5.91 Å². The molecule has 1 aromatic rings. The standard InChI is InChI=1S/C14H20N4O3/c1-20-12-11(13(21-2)16-8-15-12)14(19)18-6-5-9-3-4-10(7-18)17-9/h8-10,17H,3-7H2,1-2H3. The zero-order valence-electron chi connectivity index (χ0n) is 12.3. The Morgan fingerprint density at radius 1 is 1.19 bits per heavy atom. The van der Waals surface area contributed by atoms with Crippen LogP contribution >= 0.6 is 0 Å². The summed E-state index contributed by atoms with van der Waals surface area (Å²) < 4.78 is 10.4. The molecule has 7 nitrogen and oxygen atoms in total. The van der Waals surface area contributed by atoms with Gasteiger partial charge in [0, 0.05) is 25.2 Å². The number of ether oxygens (including phenoxy) is 2. The smallest absolute Gasteiger partial charge is 0.264 e. The maximum absolute atomic E-state index is 12.8. The first-order valence-electron chi connectivity index (χ1n) is 7.21. The van der Waals surface area contributed by atoms with Gasteiger partial charge in [-0.3, -0.25) is 4.79 Å². The Morgan fingerprint density at radius 3 is 2.52 bits per heavy atom. The number of rotatable bonds is 3. The molecular formula is C14H20N4O3. The molecule has 1 aromatic heterocycles. The lowest BCUT2D eigenvalue weighted by atomic mass is 10.1. The van der Waals surface area contributed by atoms with E-state index in [4.69, 9.17) is 9.47 Å². The Morgan fingerprint density at radius 2 is 1.86 bits per heavy atom. The van der Waals surface area contributed by atoms with Crippen molar-refractivity contribution in [3.05, 3.63) is 11.9 Å². The predicted molar refractivity (Wildman–Crippen MR) is 75.6 cm³/mol. The van der Waals surface area contributed by atoms with Gasteiger partial charge in [-0.2, -0.15) is 0 Å². The number of methoxy groups -OCH3 is 2. The molecule has 2 aliphatic rings. The molecule has 3 rings (SSSR count).